The van der Waals surface area contributed by atoms with Crippen molar-refractivity contribution in [3.05, 3.63) is 35.9 Å². The summed E-state index contributed by atoms with van der Waals surface area (Å²) >= 11 is 6.21. The molecule has 1 amide bonds. The maximum Gasteiger partial charge on any atom is 0.245 e. The summed E-state index contributed by atoms with van der Waals surface area (Å²) in [4.78, 5) is 13.9. The zero-order valence-electron chi connectivity index (χ0n) is 11.5. The van der Waals surface area contributed by atoms with Crippen LogP contribution in [0.4, 0.5) is 0 Å². The van der Waals surface area contributed by atoms with Crippen molar-refractivity contribution >= 4 is 27.3 Å². The number of aliphatic hydroxyl groups excluding tert-OH is 1. The number of sulfone groups is 1. The molecule has 2 atom stereocenters. The number of amides is 1. The first-order valence-electron chi connectivity index (χ1n) is 6.75. The lowest BCUT2D eigenvalue weighted by Crippen LogP contribution is -2.44. The topological polar surface area (TPSA) is 74.7 Å². The summed E-state index contributed by atoms with van der Waals surface area (Å²) < 4.78 is 23.2. The standard InChI is InChI=1S/C14H18ClNO4S/c15-13(11-4-2-1-3-5-11)14(18)16(7-8-17)12-6-9-21(19,20)10-12/h1-5,12-13,17H,6-10H2. The summed E-state index contributed by atoms with van der Waals surface area (Å²) in [5, 5.41) is 8.27. The van der Waals surface area contributed by atoms with Crippen molar-refractivity contribution in [2.24, 2.45) is 0 Å². The third-order valence-electron chi connectivity index (χ3n) is 3.58. The van der Waals surface area contributed by atoms with Gasteiger partial charge in [0.25, 0.3) is 0 Å². The van der Waals surface area contributed by atoms with Crippen molar-refractivity contribution in [3.63, 3.8) is 0 Å². The van der Waals surface area contributed by atoms with E-state index in [1.165, 1.54) is 4.90 Å². The van der Waals surface area contributed by atoms with Gasteiger partial charge in [-0.3, -0.25) is 4.79 Å². The lowest BCUT2D eigenvalue weighted by molar-refractivity contribution is -0.133. The van der Waals surface area contributed by atoms with E-state index in [1.807, 2.05) is 6.07 Å². The molecule has 1 aromatic carbocycles. The van der Waals surface area contributed by atoms with Gasteiger partial charge in [-0.25, -0.2) is 8.42 Å². The Kier molecular flexibility index (Phi) is 5.24. The monoisotopic (exact) mass is 331 g/mol. The first kappa shape index (κ1) is 16.3. The number of hydrogen-bond donors (Lipinski definition) is 1. The fraction of sp³-hybridized carbons (Fsp3) is 0.500. The molecule has 0 aliphatic carbocycles. The number of rotatable bonds is 5. The molecular weight excluding hydrogens is 314 g/mol. The van der Waals surface area contributed by atoms with Crippen molar-refractivity contribution in [3.8, 4) is 0 Å². The van der Waals surface area contributed by atoms with E-state index in [9.17, 15) is 13.2 Å². The molecule has 0 saturated carbocycles. The summed E-state index contributed by atoms with van der Waals surface area (Å²) in [5.41, 5.74) is 0.660. The molecular formula is C14H18ClNO4S. The molecule has 116 valence electrons. The number of alkyl halides is 1. The summed E-state index contributed by atoms with van der Waals surface area (Å²) in [6, 6.07) is 8.49. The Morgan fingerprint density at radius 2 is 2.05 bits per heavy atom. The molecule has 7 heteroatoms. The van der Waals surface area contributed by atoms with Crippen LogP contribution in [0.1, 0.15) is 17.4 Å². The van der Waals surface area contributed by atoms with E-state index in [-0.39, 0.29) is 30.6 Å². The van der Waals surface area contributed by atoms with Gasteiger partial charge in [0.15, 0.2) is 9.84 Å². The molecule has 2 rings (SSSR count). The van der Waals surface area contributed by atoms with Gasteiger partial charge in [0.2, 0.25) is 5.91 Å². The van der Waals surface area contributed by atoms with Crippen molar-refractivity contribution in [1.29, 1.82) is 0 Å². The largest absolute Gasteiger partial charge is 0.395 e. The van der Waals surface area contributed by atoms with E-state index < -0.39 is 21.3 Å². The zero-order chi connectivity index (χ0) is 15.5. The molecule has 1 aliphatic heterocycles. The molecule has 0 aromatic heterocycles. The Bertz CT molecular complexity index is 590. The molecule has 1 aliphatic rings. The van der Waals surface area contributed by atoms with Crippen LogP contribution in [0.3, 0.4) is 0 Å². The highest BCUT2D eigenvalue weighted by molar-refractivity contribution is 7.91. The minimum Gasteiger partial charge on any atom is -0.395 e. The number of carbonyl (C=O) groups excluding carboxylic acids is 1. The summed E-state index contributed by atoms with van der Waals surface area (Å²) in [5.74, 6) is -0.346. The predicted octanol–water partition coefficient (Wildman–Crippen LogP) is 0.974. The lowest BCUT2D eigenvalue weighted by Gasteiger charge is -2.29. The molecule has 1 saturated heterocycles. The van der Waals surface area contributed by atoms with Crippen molar-refractivity contribution in [2.45, 2.75) is 17.8 Å². The van der Waals surface area contributed by atoms with Crippen LogP contribution in [-0.2, 0) is 14.6 Å². The Hall–Kier alpha value is -1.11. The molecule has 1 N–H and O–H groups in total. The van der Waals surface area contributed by atoms with E-state index in [1.54, 1.807) is 24.3 Å². The van der Waals surface area contributed by atoms with Crippen molar-refractivity contribution in [1.82, 2.24) is 4.90 Å². The van der Waals surface area contributed by atoms with E-state index in [0.29, 0.717) is 12.0 Å². The van der Waals surface area contributed by atoms with Gasteiger partial charge in [-0.15, -0.1) is 11.6 Å². The van der Waals surface area contributed by atoms with Crippen LogP contribution in [-0.4, -0.2) is 55.0 Å². The lowest BCUT2D eigenvalue weighted by atomic mass is 10.1. The first-order valence-corrected chi connectivity index (χ1v) is 9.01. The van der Waals surface area contributed by atoms with Crippen LogP contribution < -0.4 is 0 Å². The average molecular weight is 332 g/mol. The molecule has 0 bridgehead atoms. The minimum atomic E-state index is -3.10. The van der Waals surface area contributed by atoms with Gasteiger partial charge in [0.05, 0.1) is 18.1 Å². The normalized spacial score (nSPS) is 21.9. The SMILES string of the molecule is O=C(C(Cl)c1ccccc1)N(CCO)C1CCS(=O)(=O)C1. The van der Waals surface area contributed by atoms with Gasteiger partial charge >= 0.3 is 0 Å². The van der Waals surface area contributed by atoms with Crippen molar-refractivity contribution < 1.29 is 18.3 Å². The van der Waals surface area contributed by atoms with Gasteiger partial charge in [-0.05, 0) is 12.0 Å². The van der Waals surface area contributed by atoms with Gasteiger partial charge < -0.3 is 10.0 Å². The Labute approximate surface area is 129 Å². The van der Waals surface area contributed by atoms with E-state index in [2.05, 4.69) is 0 Å². The second-order valence-corrected chi connectivity index (χ2v) is 7.75. The second kappa shape index (κ2) is 6.77. The van der Waals surface area contributed by atoms with Crippen LogP contribution in [0.2, 0.25) is 0 Å². The minimum absolute atomic E-state index is 0.0584. The molecule has 5 nitrogen and oxygen atoms in total. The molecule has 1 heterocycles. The highest BCUT2D eigenvalue weighted by Gasteiger charge is 2.36. The van der Waals surface area contributed by atoms with Crippen LogP contribution in [0, 0.1) is 0 Å². The Morgan fingerprint density at radius 1 is 1.38 bits per heavy atom. The summed E-state index contributed by atoms with van der Waals surface area (Å²) in [6.07, 6.45) is 0.395. The van der Waals surface area contributed by atoms with Crippen molar-refractivity contribution in [2.75, 3.05) is 24.7 Å². The maximum atomic E-state index is 12.5. The number of nitrogens with zero attached hydrogens (tertiary/aromatic N) is 1. The van der Waals surface area contributed by atoms with E-state index >= 15 is 0 Å². The van der Waals surface area contributed by atoms with E-state index in [0.717, 1.165) is 0 Å². The van der Waals surface area contributed by atoms with Crippen LogP contribution in [0.25, 0.3) is 0 Å². The molecule has 0 spiro atoms. The van der Waals surface area contributed by atoms with Gasteiger partial charge in [0, 0.05) is 12.6 Å². The molecule has 2 unspecified atom stereocenters. The molecule has 0 radical (unpaired) electrons. The van der Waals surface area contributed by atoms with Gasteiger partial charge in [0.1, 0.15) is 5.38 Å². The number of halogens is 1. The predicted molar refractivity (Wildman–Crippen MR) is 80.9 cm³/mol. The maximum absolute atomic E-state index is 12.5. The average Bonchev–Trinajstić information content (AvgIpc) is 2.84. The van der Waals surface area contributed by atoms with Gasteiger partial charge in [-0.1, -0.05) is 30.3 Å². The summed E-state index contributed by atoms with van der Waals surface area (Å²) in [7, 11) is -3.10. The molecule has 21 heavy (non-hydrogen) atoms. The van der Waals surface area contributed by atoms with Crippen LogP contribution in [0.5, 0.6) is 0 Å². The molecule has 1 fully saturated rings. The zero-order valence-corrected chi connectivity index (χ0v) is 13.1. The fourth-order valence-electron chi connectivity index (χ4n) is 2.51. The third kappa shape index (κ3) is 3.96. The van der Waals surface area contributed by atoms with E-state index in [4.69, 9.17) is 16.7 Å². The molecule has 1 aromatic rings. The second-order valence-electron chi connectivity index (χ2n) is 5.09. The third-order valence-corrected chi connectivity index (χ3v) is 5.77. The quantitative estimate of drug-likeness (QED) is 0.816. The highest BCUT2D eigenvalue weighted by Crippen LogP contribution is 2.26. The fourth-order valence-corrected chi connectivity index (χ4v) is 4.51. The van der Waals surface area contributed by atoms with Crippen LogP contribution >= 0.6 is 11.6 Å². The first-order chi connectivity index (χ1) is 9.94. The Morgan fingerprint density at radius 3 is 2.57 bits per heavy atom. The number of aliphatic hydroxyl groups is 1. The number of benzene rings is 1. The van der Waals surface area contributed by atoms with Gasteiger partial charge in [-0.2, -0.15) is 0 Å². The smallest absolute Gasteiger partial charge is 0.245 e. The van der Waals surface area contributed by atoms with Crippen LogP contribution in [0.15, 0.2) is 30.3 Å². The summed E-state index contributed by atoms with van der Waals surface area (Å²) in [6.45, 7) is -0.129. The highest BCUT2D eigenvalue weighted by atomic mass is 35.5. The Balaban J connectivity index is 2.16. The number of hydrogen-bond acceptors (Lipinski definition) is 4. The number of carbonyl (C=O) groups is 1.